The molecule has 1 saturated heterocycles. The Hall–Kier alpha value is -3.02. The van der Waals surface area contributed by atoms with Crippen molar-refractivity contribution < 1.29 is 19.1 Å². The van der Waals surface area contributed by atoms with Crippen LogP contribution in [0.25, 0.3) is 0 Å². The fourth-order valence-corrected chi connectivity index (χ4v) is 3.50. The lowest BCUT2D eigenvalue weighted by Crippen LogP contribution is -2.28. The molecule has 1 N–H and O–H groups in total. The summed E-state index contributed by atoms with van der Waals surface area (Å²) in [6.45, 7) is 4.65. The van der Waals surface area contributed by atoms with Crippen molar-refractivity contribution >= 4 is 23.2 Å². The number of hydrogen-bond acceptors (Lipinski definition) is 4. The normalized spacial score (nSPS) is 17.2. The minimum atomic E-state index is -0.413. The van der Waals surface area contributed by atoms with E-state index in [0.717, 1.165) is 12.1 Å². The summed E-state index contributed by atoms with van der Waals surface area (Å²) in [6, 6.07) is 13.2. The Morgan fingerprint density at radius 2 is 1.90 bits per heavy atom. The van der Waals surface area contributed by atoms with Gasteiger partial charge in [0.25, 0.3) is 0 Å². The largest absolute Gasteiger partial charge is 0.497 e. The van der Waals surface area contributed by atoms with Crippen LogP contribution < -0.4 is 19.7 Å². The lowest BCUT2D eigenvalue weighted by atomic mass is 9.98. The highest BCUT2D eigenvalue weighted by molar-refractivity contribution is 6.04. The van der Waals surface area contributed by atoms with E-state index in [2.05, 4.69) is 19.2 Å². The van der Waals surface area contributed by atoms with E-state index >= 15 is 0 Å². The number of amides is 2. The Morgan fingerprint density at radius 1 is 1.17 bits per heavy atom. The fraction of sp³-hybridized carbons (Fsp3) is 0.391. The van der Waals surface area contributed by atoms with Gasteiger partial charge in [-0.2, -0.15) is 0 Å². The Balaban J connectivity index is 1.69. The lowest BCUT2D eigenvalue weighted by molar-refractivity contribution is -0.122. The van der Waals surface area contributed by atoms with Crippen LogP contribution in [0.1, 0.15) is 38.2 Å². The molecule has 0 radical (unpaired) electrons. The Bertz CT molecular complexity index is 879. The molecule has 6 nitrogen and oxygen atoms in total. The molecule has 3 rings (SSSR count). The molecule has 1 fully saturated rings. The van der Waals surface area contributed by atoms with Crippen LogP contribution >= 0.6 is 0 Å². The summed E-state index contributed by atoms with van der Waals surface area (Å²) < 4.78 is 10.6. The zero-order valence-electron chi connectivity index (χ0n) is 17.4. The highest BCUT2D eigenvalue weighted by Gasteiger charge is 2.36. The predicted octanol–water partition coefficient (Wildman–Crippen LogP) is 4.21. The quantitative estimate of drug-likeness (QED) is 0.761. The van der Waals surface area contributed by atoms with E-state index < -0.39 is 5.92 Å². The van der Waals surface area contributed by atoms with Crippen LogP contribution in [0.4, 0.5) is 11.4 Å². The van der Waals surface area contributed by atoms with Gasteiger partial charge in [0.15, 0.2) is 0 Å². The SMILES string of the molecule is CC[C@H](C)c1ccc(NC(=O)[C@@H]2CC(=O)N(c3ccc(OC)cc3OC)C2)cc1. The average Bonchev–Trinajstić information content (AvgIpc) is 3.14. The number of rotatable bonds is 7. The second kappa shape index (κ2) is 8.99. The number of carbonyl (C=O) groups is 2. The molecular weight excluding hydrogens is 368 g/mol. The molecule has 2 amide bonds. The van der Waals surface area contributed by atoms with E-state index in [1.165, 1.54) is 5.56 Å². The number of nitrogens with one attached hydrogen (secondary N) is 1. The van der Waals surface area contributed by atoms with Crippen LogP contribution in [0.2, 0.25) is 0 Å². The van der Waals surface area contributed by atoms with Gasteiger partial charge in [0.2, 0.25) is 11.8 Å². The van der Waals surface area contributed by atoms with Gasteiger partial charge in [-0.3, -0.25) is 9.59 Å². The van der Waals surface area contributed by atoms with Gasteiger partial charge in [-0.15, -0.1) is 0 Å². The highest BCUT2D eigenvalue weighted by Crippen LogP contribution is 2.36. The number of hydrogen-bond donors (Lipinski definition) is 1. The molecule has 0 aromatic heterocycles. The molecule has 1 aliphatic rings. The standard InChI is InChI=1S/C23H28N2O4/c1-5-15(2)16-6-8-18(9-7-16)24-23(27)17-12-22(26)25(14-17)20-11-10-19(28-3)13-21(20)29-4/h6-11,13,15,17H,5,12,14H2,1-4H3,(H,24,27)/t15-,17+/m0/s1. The second-order valence-electron chi connectivity index (χ2n) is 7.36. The van der Waals surface area contributed by atoms with Crippen LogP contribution in [0.15, 0.2) is 42.5 Å². The van der Waals surface area contributed by atoms with Crippen molar-refractivity contribution in [2.24, 2.45) is 5.92 Å². The molecule has 2 aromatic rings. The van der Waals surface area contributed by atoms with Crippen molar-refractivity contribution in [3.8, 4) is 11.5 Å². The summed E-state index contributed by atoms with van der Waals surface area (Å²) in [7, 11) is 3.12. The smallest absolute Gasteiger partial charge is 0.229 e. The van der Waals surface area contributed by atoms with E-state index in [1.54, 1.807) is 37.3 Å². The number of benzene rings is 2. The molecule has 1 heterocycles. The fourth-order valence-electron chi connectivity index (χ4n) is 3.50. The molecule has 6 heteroatoms. The Kier molecular flexibility index (Phi) is 6.42. The first-order valence-corrected chi connectivity index (χ1v) is 9.90. The van der Waals surface area contributed by atoms with Crippen molar-refractivity contribution in [1.29, 1.82) is 0 Å². The number of anilines is 2. The summed E-state index contributed by atoms with van der Waals surface area (Å²) in [6.07, 6.45) is 1.24. The van der Waals surface area contributed by atoms with E-state index in [-0.39, 0.29) is 18.2 Å². The average molecular weight is 396 g/mol. The van der Waals surface area contributed by atoms with Gasteiger partial charge in [0.05, 0.1) is 25.8 Å². The summed E-state index contributed by atoms with van der Waals surface area (Å²) in [4.78, 5) is 26.9. The maximum atomic E-state index is 12.7. The minimum Gasteiger partial charge on any atom is -0.497 e. The van der Waals surface area contributed by atoms with Crippen LogP contribution in [0, 0.1) is 5.92 Å². The topological polar surface area (TPSA) is 67.9 Å². The van der Waals surface area contributed by atoms with Gasteiger partial charge in [0.1, 0.15) is 11.5 Å². The summed E-state index contributed by atoms with van der Waals surface area (Å²) in [5.41, 5.74) is 2.64. The first-order valence-electron chi connectivity index (χ1n) is 9.90. The maximum absolute atomic E-state index is 12.7. The molecule has 154 valence electrons. The Labute approximate surface area is 171 Å². The van der Waals surface area contributed by atoms with Gasteiger partial charge in [-0.25, -0.2) is 0 Å². The number of nitrogens with zero attached hydrogens (tertiary/aromatic N) is 1. The molecule has 1 aliphatic heterocycles. The van der Waals surface area contributed by atoms with Crippen LogP contribution in [-0.2, 0) is 9.59 Å². The van der Waals surface area contributed by atoms with Crippen LogP contribution in [0.3, 0.4) is 0 Å². The third-order valence-corrected chi connectivity index (χ3v) is 5.53. The first-order chi connectivity index (χ1) is 14.0. The van der Waals surface area contributed by atoms with Crippen molar-refractivity contribution in [3.63, 3.8) is 0 Å². The number of carbonyl (C=O) groups excluding carboxylic acids is 2. The monoisotopic (exact) mass is 396 g/mol. The van der Waals surface area contributed by atoms with Crippen molar-refractivity contribution in [1.82, 2.24) is 0 Å². The van der Waals surface area contributed by atoms with Gasteiger partial charge in [-0.1, -0.05) is 26.0 Å². The minimum absolute atomic E-state index is 0.0965. The van der Waals surface area contributed by atoms with E-state index in [1.807, 2.05) is 24.3 Å². The molecular formula is C23H28N2O4. The maximum Gasteiger partial charge on any atom is 0.229 e. The number of ether oxygens (including phenoxy) is 2. The first kappa shape index (κ1) is 20.7. The van der Waals surface area contributed by atoms with Gasteiger partial charge in [0, 0.05) is 24.7 Å². The van der Waals surface area contributed by atoms with Crippen molar-refractivity contribution in [2.45, 2.75) is 32.6 Å². The Morgan fingerprint density at radius 3 is 2.52 bits per heavy atom. The summed E-state index contributed by atoms with van der Waals surface area (Å²) >= 11 is 0. The van der Waals surface area contributed by atoms with Crippen LogP contribution in [0.5, 0.6) is 11.5 Å². The van der Waals surface area contributed by atoms with E-state index in [0.29, 0.717) is 29.6 Å². The van der Waals surface area contributed by atoms with E-state index in [9.17, 15) is 9.59 Å². The third kappa shape index (κ3) is 4.53. The van der Waals surface area contributed by atoms with Crippen molar-refractivity contribution in [3.05, 3.63) is 48.0 Å². The molecule has 2 aromatic carbocycles. The van der Waals surface area contributed by atoms with E-state index in [4.69, 9.17) is 9.47 Å². The molecule has 29 heavy (non-hydrogen) atoms. The molecule has 0 unspecified atom stereocenters. The molecule has 0 saturated carbocycles. The summed E-state index contributed by atoms with van der Waals surface area (Å²) in [5.74, 6) is 1.01. The number of methoxy groups -OCH3 is 2. The zero-order valence-corrected chi connectivity index (χ0v) is 17.4. The van der Waals surface area contributed by atoms with Gasteiger partial charge in [-0.05, 0) is 42.2 Å². The third-order valence-electron chi connectivity index (χ3n) is 5.53. The summed E-state index contributed by atoms with van der Waals surface area (Å²) in [5, 5.41) is 2.94. The van der Waals surface area contributed by atoms with Gasteiger partial charge < -0.3 is 19.7 Å². The zero-order chi connectivity index (χ0) is 21.0. The predicted molar refractivity (Wildman–Crippen MR) is 114 cm³/mol. The van der Waals surface area contributed by atoms with Crippen LogP contribution in [-0.4, -0.2) is 32.6 Å². The highest BCUT2D eigenvalue weighted by atomic mass is 16.5. The van der Waals surface area contributed by atoms with Crippen molar-refractivity contribution in [2.75, 3.05) is 31.0 Å². The molecule has 0 aliphatic carbocycles. The van der Waals surface area contributed by atoms with Gasteiger partial charge >= 0.3 is 0 Å². The lowest BCUT2D eigenvalue weighted by Gasteiger charge is -2.20. The molecule has 0 bridgehead atoms. The molecule has 2 atom stereocenters. The second-order valence-corrected chi connectivity index (χ2v) is 7.36. The molecule has 0 spiro atoms.